The lowest BCUT2D eigenvalue weighted by Crippen LogP contribution is -2.50. The first-order valence-electron chi connectivity index (χ1n) is 5.66. The van der Waals surface area contributed by atoms with E-state index in [0.29, 0.717) is 6.61 Å². The molecule has 6 heteroatoms. The molecule has 2 unspecified atom stereocenters. The van der Waals surface area contributed by atoms with Crippen molar-refractivity contribution in [1.82, 2.24) is 5.32 Å². The lowest BCUT2D eigenvalue weighted by atomic mass is 9.99. The van der Waals surface area contributed by atoms with Crippen LogP contribution < -0.4 is 11.1 Å². The number of nitrogens with one attached hydrogen (secondary N) is 1. The summed E-state index contributed by atoms with van der Waals surface area (Å²) >= 11 is 0. The molecule has 0 bridgehead atoms. The first-order valence-corrected chi connectivity index (χ1v) is 5.66. The van der Waals surface area contributed by atoms with E-state index < -0.39 is 18.1 Å². The molecule has 1 amide bonds. The van der Waals surface area contributed by atoms with E-state index in [2.05, 4.69) is 5.32 Å². The zero-order valence-corrected chi connectivity index (χ0v) is 11.7. The van der Waals surface area contributed by atoms with Crippen LogP contribution in [0.1, 0.15) is 34.1 Å². The van der Waals surface area contributed by atoms with Crippen molar-refractivity contribution in [1.29, 1.82) is 0 Å². The van der Waals surface area contributed by atoms with Crippen molar-refractivity contribution >= 4 is 24.3 Å². The van der Waals surface area contributed by atoms with Gasteiger partial charge in [0.1, 0.15) is 6.04 Å². The molecule has 3 N–H and O–H groups in total. The predicted octanol–water partition coefficient (Wildman–Crippen LogP) is 0.849. The molecule has 0 aromatic rings. The largest absolute Gasteiger partial charge is 0.464 e. The number of nitrogens with two attached hydrogens (primary N) is 1. The molecule has 0 rings (SSSR count). The van der Waals surface area contributed by atoms with Gasteiger partial charge in [0.15, 0.2) is 0 Å². The molecular weight excluding hydrogens is 244 g/mol. The Morgan fingerprint density at radius 2 is 1.82 bits per heavy atom. The average Bonchev–Trinajstić information content (AvgIpc) is 2.24. The third-order valence-corrected chi connectivity index (χ3v) is 2.46. The fourth-order valence-electron chi connectivity index (χ4n) is 1.19. The summed E-state index contributed by atoms with van der Waals surface area (Å²) in [5, 5.41) is 2.61. The molecule has 0 aromatic heterocycles. The summed E-state index contributed by atoms with van der Waals surface area (Å²) < 4.78 is 4.91. The van der Waals surface area contributed by atoms with Gasteiger partial charge in [0.05, 0.1) is 12.6 Å². The zero-order chi connectivity index (χ0) is 12.7. The van der Waals surface area contributed by atoms with Crippen LogP contribution in [0.4, 0.5) is 0 Å². The summed E-state index contributed by atoms with van der Waals surface area (Å²) in [5.41, 5.74) is 5.44. The topological polar surface area (TPSA) is 81.4 Å². The first-order chi connectivity index (χ1) is 7.43. The van der Waals surface area contributed by atoms with Gasteiger partial charge in [-0.1, -0.05) is 20.3 Å². The quantitative estimate of drug-likeness (QED) is 0.699. The Kier molecular flexibility index (Phi) is 10.1. The maximum atomic E-state index is 11.6. The number of carbonyl (C=O) groups excluding carboxylic acids is 2. The molecule has 0 spiro atoms. The average molecular weight is 267 g/mol. The van der Waals surface area contributed by atoms with Gasteiger partial charge in [-0.2, -0.15) is 0 Å². The van der Waals surface area contributed by atoms with Gasteiger partial charge in [-0.3, -0.25) is 4.79 Å². The lowest BCUT2D eigenvalue weighted by Gasteiger charge is -2.23. The molecule has 0 aliphatic rings. The normalized spacial score (nSPS) is 15.1. The van der Waals surface area contributed by atoms with E-state index in [1.54, 1.807) is 13.8 Å². The number of hydrogen-bond donors (Lipinski definition) is 2. The van der Waals surface area contributed by atoms with Gasteiger partial charge in [0, 0.05) is 0 Å². The van der Waals surface area contributed by atoms with Crippen LogP contribution in [0.3, 0.4) is 0 Å². The SMILES string of the molecule is CCOC(=O)C(NC(=O)[C@H](C)N)C(C)CC.Cl. The molecule has 0 saturated heterocycles. The molecule has 0 heterocycles. The Labute approximate surface area is 109 Å². The lowest BCUT2D eigenvalue weighted by molar-refractivity contribution is -0.149. The van der Waals surface area contributed by atoms with Gasteiger partial charge >= 0.3 is 5.97 Å². The predicted molar refractivity (Wildman–Crippen MR) is 68.9 cm³/mol. The summed E-state index contributed by atoms with van der Waals surface area (Å²) in [7, 11) is 0. The zero-order valence-electron chi connectivity index (χ0n) is 10.9. The van der Waals surface area contributed by atoms with E-state index in [0.717, 1.165) is 6.42 Å². The summed E-state index contributed by atoms with van der Waals surface area (Å²) in [6.45, 7) is 7.46. The highest BCUT2D eigenvalue weighted by Crippen LogP contribution is 2.09. The smallest absolute Gasteiger partial charge is 0.328 e. The van der Waals surface area contributed by atoms with Crippen LogP contribution in [0.15, 0.2) is 0 Å². The molecule has 0 radical (unpaired) electrons. The molecule has 3 atom stereocenters. The van der Waals surface area contributed by atoms with Crippen molar-refractivity contribution in [3.05, 3.63) is 0 Å². The van der Waals surface area contributed by atoms with Gasteiger partial charge in [0.2, 0.25) is 5.91 Å². The molecule has 0 fully saturated rings. The number of rotatable bonds is 6. The van der Waals surface area contributed by atoms with Crippen LogP contribution in [0, 0.1) is 5.92 Å². The fourth-order valence-corrected chi connectivity index (χ4v) is 1.19. The second kappa shape index (κ2) is 9.24. The van der Waals surface area contributed by atoms with Crippen molar-refractivity contribution in [2.45, 2.75) is 46.2 Å². The fraction of sp³-hybridized carbons (Fsp3) is 0.818. The van der Waals surface area contributed by atoms with Gasteiger partial charge in [0.25, 0.3) is 0 Å². The van der Waals surface area contributed by atoms with Crippen molar-refractivity contribution in [2.75, 3.05) is 6.61 Å². The Morgan fingerprint density at radius 1 is 1.29 bits per heavy atom. The molecule has 0 aliphatic carbocycles. The van der Waals surface area contributed by atoms with Gasteiger partial charge in [-0.15, -0.1) is 12.4 Å². The van der Waals surface area contributed by atoms with Crippen LogP contribution in [0.5, 0.6) is 0 Å². The summed E-state index contributed by atoms with van der Waals surface area (Å²) in [4.78, 5) is 23.1. The number of ether oxygens (including phenoxy) is 1. The number of carbonyl (C=O) groups is 2. The minimum Gasteiger partial charge on any atom is -0.464 e. The van der Waals surface area contributed by atoms with E-state index in [1.807, 2.05) is 13.8 Å². The number of amides is 1. The third-order valence-electron chi connectivity index (χ3n) is 2.46. The van der Waals surface area contributed by atoms with E-state index in [-0.39, 0.29) is 24.2 Å². The van der Waals surface area contributed by atoms with E-state index in [4.69, 9.17) is 10.5 Å². The van der Waals surface area contributed by atoms with Crippen molar-refractivity contribution in [2.24, 2.45) is 11.7 Å². The summed E-state index contributed by atoms with van der Waals surface area (Å²) in [6.07, 6.45) is 0.780. The Hall–Kier alpha value is -0.810. The summed E-state index contributed by atoms with van der Waals surface area (Å²) in [5.74, 6) is -0.703. The maximum absolute atomic E-state index is 11.6. The molecule has 0 aliphatic heterocycles. The van der Waals surface area contributed by atoms with Crippen LogP contribution in [-0.2, 0) is 14.3 Å². The third kappa shape index (κ3) is 6.48. The Bertz CT molecular complexity index is 247. The molecule has 0 saturated carbocycles. The van der Waals surface area contributed by atoms with E-state index in [1.165, 1.54) is 0 Å². The highest BCUT2D eigenvalue weighted by molar-refractivity contribution is 5.87. The van der Waals surface area contributed by atoms with Crippen LogP contribution in [0.25, 0.3) is 0 Å². The van der Waals surface area contributed by atoms with Crippen molar-refractivity contribution in [3.8, 4) is 0 Å². The minimum atomic E-state index is -0.624. The van der Waals surface area contributed by atoms with Crippen molar-refractivity contribution in [3.63, 3.8) is 0 Å². The highest BCUT2D eigenvalue weighted by Gasteiger charge is 2.27. The monoisotopic (exact) mass is 266 g/mol. The molecule has 102 valence electrons. The van der Waals surface area contributed by atoms with Gasteiger partial charge < -0.3 is 15.8 Å². The van der Waals surface area contributed by atoms with E-state index in [9.17, 15) is 9.59 Å². The standard InChI is InChI=1S/C11H22N2O3.ClH/c1-5-7(3)9(11(15)16-6-2)13-10(14)8(4)12;/h7-9H,5-6,12H2,1-4H3,(H,13,14);1H/t7?,8-,9?;/m0./s1. The first kappa shape index (κ1) is 18.6. The minimum absolute atomic E-state index is 0. The molecule has 0 aromatic carbocycles. The summed E-state index contributed by atoms with van der Waals surface area (Å²) in [6, 6.07) is -1.23. The Balaban J connectivity index is 0. The van der Waals surface area contributed by atoms with Crippen LogP contribution in [0.2, 0.25) is 0 Å². The second-order valence-electron chi connectivity index (χ2n) is 3.91. The second-order valence-corrected chi connectivity index (χ2v) is 3.91. The van der Waals surface area contributed by atoms with Gasteiger partial charge in [-0.25, -0.2) is 4.79 Å². The van der Waals surface area contributed by atoms with Crippen molar-refractivity contribution < 1.29 is 14.3 Å². The maximum Gasteiger partial charge on any atom is 0.328 e. The Morgan fingerprint density at radius 3 is 2.18 bits per heavy atom. The molecule has 5 nitrogen and oxygen atoms in total. The number of halogens is 1. The molecule has 17 heavy (non-hydrogen) atoms. The van der Waals surface area contributed by atoms with E-state index >= 15 is 0 Å². The van der Waals surface area contributed by atoms with Crippen LogP contribution >= 0.6 is 12.4 Å². The number of esters is 1. The van der Waals surface area contributed by atoms with Gasteiger partial charge in [-0.05, 0) is 19.8 Å². The van der Waals surface area contributed by atoms with Crippen LogP contribution in [-0.4, -0.2) is 30.6 Å². The molecular formula is C11H23ClN2O3. The number of hydrogen-bond acceptors (Lipinski definition) is 4. The highest BCUT2D eigenvalue weighted by atomic mass is 35.5.